The van der Waals surface area contributed by atoms with Crippen LogP contribution in [-0.4, -0.2) is 10.7 Å². The number of halogens is 2. The van der Waals surface area contributed by atoms with Crippen LogP contribution < -0.4 is 0 Å². The predicted octanol–water partition coefficient (Wildman–Crippen LogP) is 4.07. The second kappa shape index (κ2) is 5.07. The minimum Gasteiger partial charge on any atom is -0.389 e. The SMILES string of the molecule is CC1CCCCC1(O)Cc1cc(Br)ccc1F. The Morgan fingerprint density at radius 3 is 2.94 bits per heavy atom. The maximum Gasteiger partial charge on any atom is 0.126 e. The maximum atomic E-state index is 13.7. The lowest BCUT2D eigenvalue weighted by molar-refractivity contribution is -0.0410. The third-order valence-corrected chi connectivity index (χ3v) is 4.41. The molecule has 17 heavy (non-hydrogen) atoms. The van der Waals surface area contributed by atoms with Crippen LogP contribution in [0.3, 0.4) is 0 Å². The molecule has 0 heterocycles. The molecule has 0 radical (unpaired) electrons. The van der Waals surface area contributed by atoms with E-state index in [9.17, 15) is 9.50 Å². The topological polar surface area (TPSA) is 20.2 Å². The summed E-state index contributed by atoms with van der Waals surface area (Å²) < 4.78 is 14.6. The summed E-state index contributed by atoms with van der Waals surface area (Å²) in [6.45, 7) is 2.06. The van der Waals surface area contributed by atoms with Crippen molar-refractivity contribution < 1.29 is 9.50 Å². The van der Waals surface area contributed by atoms with Crippen LogP contribution in [0.4, 0.5) is 4.39 Å². The van der Waals surface area contributed by atoms with Crippen molar-refractivity contribution in [1.29, 1.82) is 0 Å². The van der Waals surface area contributed by atoms with E-state index in [-0.39, 0.29) is 11.7 Å². The van der Waals surface area contributed by atoms with Gasteiger partial charge in [0.05, 0.1) is 5.60 Å². The van der Waals surface area contributed by atoms with Crippen LogP contribution >= 0.6 is 15.9 Å². The Kier molecular flexibility index (Phi) is 3.88. The van der Waals surface area contributed by atoms with E-state index in [4.69, 9.17) is 0 Å². The molecule has 1 N–H and O–H groups in total. The number of rotatable bonds is 2. The molecule has 0 saturated heterocycles. The summed E-state index contributed by atoms with van der Waals surface area (Å²) >= 11 is 3.35. The third kappa shape index (κ3) is 2.89. The van der Waals surface area contributed by atoms with Crippen LogP contribution in [0.25, 0.3) is 0 Å². The second-order valence-corrected chi connectivity index (χ2v) is 6.08. The lowest BCUT2D eigenvalue weighted by atomic mass is 9.73. The van der Waals surface area contributed by atoms with Gasteiger partial charge < -0.3 is 5.11 Å². The average molecular weight is 301 g/mol. The Labute approximate surface area is 110 Å². The van der Waals surface area contributed by atoms with Gasteiger partial charge in [0.2, 0.25) is 0 Å². The molecule has 1 aliphatic carbocycles. The van der Waals surface area contributed by atoms with Gasteiger partial charge in [-0.15, -0.1) is 0 Å². The summed E-state index contributed by atoms with van der Waals surface area (Å²) in [6.07, 6.45) is 4.44. The van der Waals surface area contributed by atoms with Gasteiger partial charge in [0.1, 0.15) is 5.82 Å². The minimum absolute atomic E-state index is 0.223. The van der Waals surface area contributed by atoms with E-state index in [2.05, 4.69) is 22.9 Å². The average Bonchev–Trinajstić information content (AvgIpc) is 2.28. The van der Waals surface area contributed by atoms with E-state index in [1.54, 1.807) is 12.1 Å². The Bertz CT molecular complexity index is 407. The molecule has 0 aliphatic heterocycles. The van der Waals surface area contributed by atoms with Gasteiger partial charge in [-0.3, -0.25) is 0 Å². The highest BCUT2D eigenvalue weighted by molar-refractivity contribution is 9.10. The monoisotopic (exact) mass is 300 g/mol. The van der Waals surface area contributed by atoms with Crippen molar-refractivity contribution in [3.05, 3.63) is 34.1 Å². The van der Waals surface area contributed by atoms with E-state index in [0.717, 1.165) is 23.7 Å². The van der Waals surface area contributed by atoms with Gasteiger partial charge in [0.15, 0.2) is 0 Å². The van der Waals surface area contributed by atoms with E-state index >= 15 is 0 Å². The summed E-state index contributed by atoms with van der Waals surface area (Å²) in [5.41, 5.74) is -0.129. The molecule has 2 unspecified atom stereocenters. The van der Waals surface area contributed by atoms with Crippen LogP contribution in [0.15, 0.2) is 22.7 Å². The Morgan fingerprint density at radius 1 is 1.47 bits per heavy atom. The molecular weight excluding hydrogens is 283 g/mol. The van der Waals surface area contributed by atoms with Gasteiger partial charge in [-0.25, -0.2) is 4.39 Å². The molecule has 1 aromatic rings. The first-order valence-corrected chi connectivity index (χ1v) is 6.97. The van der Waals surface area contributed by atoms with Crippen molar-refractivity contribution in [3.63, 3.8) is 0 Å². The molecule has 94 valence electrons. The van der Waals surface area contributed by atoms with Crippen LogP contribution in [0.5, 0.6) is 0 Å². The Hall–Kier alpha value is -0.410. The standard InChI is InChI=1S/C14H18BrFO/c1-10-4-2-3-7-14(10,17)9-11-8-12(15)5-6-13(11)16/h5-6,8,10,17H,2-4,7,9H2,1H3. The minimum atomic E-state index is -0.736. The van der Waals surface area contributed by atoms with E-state index in [1.807, 2.05) is 0 Å². The van der Waals surface area contributed by atoms with Crippen molar-refractivity contribution in [2.45, 2.75) is 44.6 Å². The summed E-state index contributed by atoms with van der Waals surface area (Å²) in [4.78, 5) is 0. The van der Waals surface area contributed by atoms with Gasteiger partial charge >= 0.3 is 0 Å². The molecule has 0 spiro atoms. The van der Waals surface area contributed by atoms with Crippen molar-refractivity contribution in [1.82, 2.24) is 0 Å². The lowest BCUT2D eigenvalue weighted by Gasteiger charge is -2.38. The lowest BCUT2D eigenvalue weighted by Crippen LogP contribution is -2.41. The van der Waals surface area contributed by atoms with Crippen LogP contribution in [0.2, 0.25) is 0 Å². The largest absolute Gasteiger partial charge is 0.389 e. The van der Waals surface area contributed by atoms with Gasteiger partial charge in [0, 0.05) is 10.9 Å². The molecule has 0 amide bonds. The number of benzene rings is 1. The Balaban J connectivity index is 2.21. The predicted molar refractivity (Wildman–Crippen MR) is 70.4 cm³/mol. The molecule has 0 aromatic heterocycles. The summed E-state index contributed by atoms with van der Waals surface area (Å²) in [7, 11) is 0. The van der Waals surface area contributed by atoms with Crippen molar-refractivity contribution in [3.8, 4) is 0 Å². The maximum absolute atomic E-state index is 13.7. The van der Waals surface area contributed by atoms with E-state index < -0.39 is 5.60 Å². The summed E-state index contributed by atoms with van der Waals surface area (Å²) in [6, 6.07) is 4.91. The zero-order valence-corrected chi connectivity index (χ0v) is 11.6. The molecular formula is C14H18BrFO. The first-order valence-electron chi connectivity index (χ1n) is 6.17. The first kappa shape index (κ1) is 13.0. The first-order chi connectivity index (χ1) is 8.01. The second-order valence-electron chi connectivity index (χ2n) is 5.16. The van der Waals surface area contributed by atoms with E-state index in [0.29, 0.717) is 12.0 Å². The van der Waals surface area contributed by atoms with Crippen molar-refractivity contribution in [2.75, 3.05) is 0 Å². The highest BCUT2D eigenvalue weighted by Crippen LogP contribution is 2.36. The van der Waals surface area contributed by atoms with Crippen molar-refractivity contribution >= 4 is 15.9 Å². The quantitative estimate of drug-likeness (QED) is 0.873. The smallest absolute Gasteiger partial charge is 0.126 e. The van der Waals surface area contributed by atoms with Crippen molar-refractivity contribution in [2.24, 2.45) is 5.92 Å². The number of aliphatic hydroxyl groups is 1. The van der Waals surface area contributed by atoms with E-state index in [1.165, 1.54) is 12.5 Å². The fraction of sp³-hybridized carbons (Fsp3) is 0.571. The Morgan fingerprint density at radius 2 is 2.24 bits per heavy atom. The zero-order valence-electron chi connectivity index (χ0n) is 10.0. The van der Waals surface area contributed by atoms with Gasteiger partial charge in [-0.1, -0.05) is 35.7 Å². The van der Waals surface area contributed by atoms with Gasteiger partial charge in [-0.2, -0.15) is 0 Å². The molecule has 0 bridgehead atoms. The van der Waals surface area contributed by atoms with Gasteiger partial charge in [0.25, 0.3) is 0 Å². The molecule has 1 saturated carbocycles. The molecule has 1 nitrogen and oxygen atoms in total. The normalized spacial score (nSPS) is 29.3. The highest BCUT2D eigenvalue weighted by atomic mass is 79.9. The van der Waals surface area contributed by atoms with Gasteiger partial charge in [-0.05, 0) is 42.5 Å². The fourth-order valence-electron chi connectivity index (χ4n) is 2.67. The fourth-order valence-corrected chi connectivity index (χ4v) is 3.08. The zero-order chi connectivity index (χ0) is 12.5. The van der Waals surface area contributed by atoms with Crippen LogP contribution in [0, 0.1) is 11.7 Å². The highest BCUT2D eigenvalue weighted by Gasteiger charge is 2.36. The molecule has 2 rings (SSSR count). The molecule has 1 fully saturated rings. The third-order valence-electron chi connectivity index (χ3n) is 3.92. The molecule has 3 heteroatoms. The van der Waals surface area contributed by atoms with Crippen LogP contribution in [-0.2, 0) is 6.42 Å². The molecule has 1 aliphatic rings. The summed E-state index contributed by atoms with van der Waals surface area (Å²) in [5, 5.41) is 10.6. The number of hydrogen-bond donors (Lipinski definition) is 1. The molecule has 1 aromatic carbocycles. The van der Waals surface area contributed by atoms with Crippen LogP contribution in [0.1, 0.15) is 38.2 Å². The molecule has 2 atom stereocenters. The summed E-state index contributed by atoms with van der Waals surface area (Å²) in [5.74, 6) is 0.0223. The number of hydrogen-bond acceptors (Lipinski definition) is 1.